The quantitative estimate of drug-likeness (QED) is 0.763. The van der Waals surface area contributed by atoms with Crippen molar-refractivity contribution < 1.29 is 0 Å². The van der Waals surface area contributed by atoms with Crippen LogP contribution in [0, 0.1) is 6.92 Å². The van der Waals surface area contributed by atoms with Gasteiger partial charge in [-0.2, -0.15) is 5.10 Å². The van der Waals surface area contributed by atoms with Gasteiger partial charge in [-0.1, -0.05) is 35.9 Å². The Balaban J connectivity index is 2.15. The highest BCUT2D eigenvalue weighted by atomic mass is 15.1. The molecule has 0 fully saturated rings. The molecule has 2 rings (SSSR count). The van der Waals surface area contributed by atoms with Crippen LogP contribution in [0.25, 0.3) is 12.2 Å². The molecule has 1 aromatic carbocycles. The maximum atomic E-state index is 3.87. The van der Waals surface area contributed by atoms with Gasteiger partial charge in [0.15, 0.2) is 0 Å². The monoisotopic (exact) mass is 184 g/mol. The minimum absolute atomic E-state index is 1.02. The molecule has 1 N–H and O–H groups in total. The molecule has 2 aromatic rings. The topological polar surface area (TPSA) is 28.7 Å². The Bertz CT molecular complexity index is 410. The van der Waals surface area contributed by atoms with Gasteiger partial charge in [0.05, 0.1) is 5.69 Å². The van der Waals surface area contributed by atoms with E-state index in [1.165, 1.54) is 11.1 Å². The van der Waals surface area contributed by atoms with E-state index in [1.807, 2.05) is 12.1 Å². The Hall–Kier alpha value is -1.83. The number of nitrogens with zero attached hydrogens (tertiary/aromatic N) is 1. The lowest BCUT2D eigenvalue weighted by Gasteiger charge is -1.93. The molecular formula is C12H12N2. The number of hydrogen-bond acceptors (Lipinski definition) is 1. The minimum atomic E-state index is 1.02. The van der Waals surface area contributed by atoms with Crippen LogP contribution in [0.3, 0.4) is 0 Å². The van der Waals surface area contributed by atoms with E-state index < -0.39 is 0 Å². The van der Waals surface area contributed by atoms with E-state index in [2.05, 4.69) is 47.5 Å². The summed E-state index contributed by atoms with van der Waals surface area (Å²) in [5, 5.41) is 6.75. The van der Waals surface area contributed by atoms with Crippen LogP contribution in [-0.4, -0.2) is 10.2 Å². The van der Waals surface area contributed by atoms with Crippen molar-refractivity contribution in [3.8, 4) is 0 Å². The molecule has 0 aliphatic carbocycles. The van der Waals surface area contributed by atoms with Gasteiger partial charge in [-0.05, 0) is 24.6 Å². The summed E-state index contributed by atoms with van der Waals surface area (Å²) in [5.41, 5.74) is 3.50. The van der Waals surface area contributed by atoms with E-state index in [1.54, 1.807) is 6.20 Å². The Morgan fingerprint density at radius 3 is 2.50 bits per heavy atom. The summed E-state index contributed by atoms with van der Waals surface area (Å²) >= 11 is 0. The normalized spacial score (nSPS) is 10.9. The molecule has 0 saturated heterocycles. The van der Waals surface area contributed by atoms with E-state index in [9.17, 15) is 0 Å². The number of benzene rings is 1. The summed E-state index contributed by atoms with van der Waals surface area (Å²) in [6, 6.07) is 10.3. The van der Waals surface area contributed by atoms with Gasteiger partial charge in [0.2, 0.25) is 0 Å². The van der Waals surface area contributed by atoms with Crippen LogP contribution in [0.5, 0.6) is 0 Å². The van der Waals surface area contributed by atoms with Gasteiger partial charge in [-0.25, -0.2) is 0 Å². The second-order valence-electron chi connectivity index (χ2n) is 3.26. The lowest BCUT2D eigenvalue weighted by Crippen LogP contribution is -1.74. The number of nitrogens with one attached hydrogen (secondary N) is 1. The molecule has 1 aromatic heterocycles. The van der Waals surface area contributed by atoms with Crippen LogP contribution in [0.1, 0.15) is 16.8 Å². The maximum Gasteiger partial charge on any atom is 0.0577 e. The van der Waals surface area contributed by atoms with Crippen molar-refractivity contribution in [2.24, 2.45) is 0 Å². The first-order valence-electron chi connectivity index (χ1n) is 4.59. The molecule has 2 heteroatoms. The minimum Gasteiger partial charge on any atom is -0.278 e. The molecule has 0 radical (unpaired) electrons. The van der Waals surface area contributed by atoms with Crippen molar-refractivity contribution >= 4 is 12.2 Å². The van der Waals surface area contributed by atoms with Crippen LogP contribution in [0.15, 0.2) is 36.5 Å². The molecule has 0 amide bonds. The highest BCUT2D eigenvalue weighted by Crippen LogP contribution is 2.07. The van der Waals surface area contributed by atoms with Crippen LogP contribution in [0.2, 0.25) is 0 Å². The molecule has 0 spiro atoms. The summed E-state index contributed by atoms with van der Waals surface area (Å²) in [5.74, 6) is 0. The molecule has 14 heavy (non-hydrogen) atoms. The second-order valence-corrected chi connectivity index (χ2v) is 3.26. The zero-order valence-electron chi connectivity index (χ0n) is 8.07. The van der Waals surface area contributed by atoms with E-state index in [0.29, 0.717) is 0 Å². The standard InChI is InChI=1S/C12H12N2/c1-10-2-4-11(5-3-10)6-7-12-8-9-13-14-12/h2-9H,1H3,(H,13,14)/b7-6+. The van der Waals surface area contributed by atoms with Gasteiger partial charge >= 0.3 is 0 Å². The van der Waals surface area contributed by atoms with Gasteiger partial charge in [0, 0.05) is 6.20 Å². The van der Waals surface area contributed by atoms with Gasteiger partial charge in [-0.15, -0.1) is 0 Å². The first kappa shape index (κ1) is 8.75. The second kappa shape index (κ2) is 3.92. The predicted octanol–water partition coefficient (Wildman–Crippen LogP) is 2.89. The number of H-pyrrole nitrogens is 1. The van der Waals surface area contributed by atoms with Crippen molar-refractivity contribution in [3.05, 3.63) is 53.3 Å². The fraction of sp³-hybridized carbons (Fsp3) is 0.0833. The first-order chi connectivity index (χ1) is 6.84. The number of hydrogen-bond donors (Lipinski definition) is 1. The molecule has 0 aliphatic heterocycles. The molecule has 0 aliphatic rings. The van der Waals surface area contributed by atoms with Gasteiger partial charge in [0.25, 0.3) is 0 Å². The van der Waals surface area contributed by atoms with Crippen molar-refractivity contribution in [2.45, 2.75) is 6.92 Å². The highest BCUT2D eigenvalue weighted by molar-refractivity contribution is 5.67. The predicted molar refractivity (Wildman–Crippen MR) is 58.7 cm³/mol. The van der Waals surface area contributed by atoms with Gasteiger partial charge in [-0.3, -0.25) is 5.10 Å². The Kier molecular flexibility index (Phi) is 2.45. The molecule has 70 valence electrons. The molecule has 1 heterocycles. The fourth-order valence-corrected chi connectivity index (χ4v) is 1.22. The van der Waals surface area contributed by atoms with E-state index in [-0.39, 0.29) is 0 Å². The molecule has 0 unspecified atom stereocenters. The molecule has 0 bridgehead atoms. The van der Waals surface area contributed by atoms with Crippen LogP contribution < -0.4 is 0 Å². The van der Waals surface area contributed by atoms with Gasteiger partial charge in [0.1, 0.15) is 0 Å². The van der Waals surface area contributed by atoms with E-state index in [0.717, 1.165) is 5.69 Å². The third-order valence-electron chi connectivity index (χ3n) is 2.05. The zero-order chi connectivity index (χ0) is 9.80. The first-order valence-corrected chi connectivity index (χ1v) is 4.59. The number of aryl methyl sites for hydroxylation is 1. The van der Waals surface area contributed by atoms with Crippen molar-refractivity contribution in [1.82, 2.24) is 10.2 Å². The maximum absolute atomic E-state index is 3.87. The van der Waals surface area contributed by atoms with Crippen LogP contribution in [-0.2, 0) is 0 Å². The zero-order valence-corrected chi connectivity index (χ0v) is 8.07. The lowest BCUT2D eigenvalue weighted by atomic mass is 10.1. The molecule has 0 saturated carbocycles. The van der Waals surface area contributed by atoms with E-state index >= 15 is 0 Å². The summed E-state index contributed by atoms with van der Waals surface area (Å²) < 4.78 is 0. The van der Waals surface area contributed by atoms with E-state index in [4.69, 9.17) is 0 Å². The summed E-state index contributed by atoms with van der Waals surface area (Å²) in [6.07, 6.45) is 5.82. The van der Waals surface area contributed by atoms with Crippen molar-refractivity contribution in [1.29, 1.82) is 0 Å². The Labute approximate surface area is 83.3 Å². The SMILES string of the molecule is Cc1ccc(/C=C/c2ccn[nH]2)cc1. The van der Waals surface area contributed by atoms with Crippen molar-refractivity contribution in [3.63, 3.8) is 0 Å². The third kappa shape index (κ3) is 2.10. The van der Waals surface area contributed by atoms with Crippen LogP contribution >= 0.6 is 0 Å². The fourth-order valence-electron chi connectivity index (χ4n) is 1.22. The third-order valence-corrected chi connectivity index (χ3v) is 2.05. The average molecular weight is 184 g/mol. The largest absolute Gasteiger partial charge is 0.278 e. The molecule has 0 atom stereocenters. The van der Waals surface area contributed by atoms with Crippen molar-refractivity contribution in [2.75, 3.05) is 0 Å². The summed E-state index contributed by atoms with van der Waals surface area (Å²) in [6.45, 7) is 2.09. The smallest absolute Gasteiger partial charge is 0.0577 e. The summed E-state index contributed by atoms with van der Waals surface area (Å²) in [4.78, 5) is 0. The van der Waals surface area contributed by atoms with Crippen LogP contribution in [0.4, 0.5) is 0 Å². The van der Waals surface area contributed by atoms with Gasteiger partial charge < -0.3 is 0 Å². The Morgan fingerprint density at radius 2 is 1.86 bits per heavy atom. The summed E-state index contributed by atoms with van der Waals surface area (Å²) in [7, 11) is 0. The lowest BCUT2D eigenvalue weighted by molar-refractivity contribution is 1.08. The number of aromatic nitrogens is 2. The number of rotatable bonds is 2. The Morgan fingerprint density at radius 1 is 1.07 bits per heavy atom. The highest BCUT2D eigenvalue weighted by Gasteiger charge is 1.88. The molecule has 2 nitrogen and oxygen atoms in total. The number of aromatic amines is 1. The average Bonchev–Trinajstić information content (AvgIpc) is 2.70. The molecular weight excluding hydrogens is 172 g/mol.